The number of rotatable bonds is 3. The molecule has 0 unspecified atom stereocenters. The Morgan fingerprint density at radius 1 is 1.26 bits per heavy atom. The Kier molecular flexibility index (Phi) is 4.04. The van der Waals surface area contributed by atoms with Crippen LogP contribution in [0, 0.1) is 0 Å². The average molecular weight is 267 g/mol. The Balaban J connectivity index is 1.84. The topological polar surface area (TPSA) is 97.9 Å². The Bertz CT molecular complexity index is 491. The number of hydrogen-bond donors (Lipinski definition) is 3. The molecule has 0 spiro atoms. The van der Waals surface area contributed by atoms with Gasteiger partial charge < -0.3 is 19.5 Å². The minimum atomic E-state index is -0.580. The van der Waals surface area contributed by atoms with E-state index >= 15 is 0 Å². The Morgan fingerprint density at radius 2 is 2.05 bits per heavy atom. The van der Waals surface area contributed by atoms with E-state index in [4.69, 9.17) is 9.47 Å². The largest absolute Gasteiger partial charge is 0.454 e. The van der Waals surface area contributed by atoms with E-state index in [2.05, 4.69) is 20.9 Å². The minimum Gasteiger partial charge on any atom is -0.454 e. The normalized spacial score (nSPS) is 11.8. The number of fused-ring (bicyclic) bond motifs is 1. The van der Waals surface area contributed by atoms with Gasteiger partial charge in [0, 0.05) is 18.9 Å². The van der Waals surface area contributed by atoms with Crippen LogP contribution in [0.4, 0.5) is 10.5 Å². The Hall–Kier alpha value is -2.48. The number of carbonyl (C=O) groups is 2. The summed E-state index contributed by atoms with van der Waals surface area (Å²) in [6, 6.07) is 4.38. The summed E-state index contributed by atoms with van der Waals surface area (Å²) in [5.74, 6) is 0.726. The number of benzene rings is 1. The fraction of sp³-hybridized carbons (Fsp3) is 0.273. The molecule has 19 heavy (non-hydrogen) atoms. The first-order valence-corrected chi connectivity index (χ1v) is 5.43. The number of methoxy groups -OCH3 is 1. The minimum absolute atomic E-state index is 0.135. The predicted molar refractivity (Wildman–Crippen MR) is 64.7 cm³/mol. The van der Waals surface area contributed by atoms with Crippen molar-refractivity contribution in [2.45, 2.75) is 0 Å². The standard InChI is InChI=1S/C11H13N3O5/c1-17-5-10(15)13-14-11(16)12-7-2-3-8-9(4-7)19-6-18-8/h2-4H,5-6H2,1H3,(H,13,15)(H2,12,14,16). The number of hydrogen-bond acceptors (Lipinski definition) is 5. The lowest BCUT2D eigenvalue weighted by Gasteiger charge is -2.09. The average Bonchev–Trinajstić information content (AvgIpc) is 2.84. The maximum atomic E-state index is 11.5. The van der Waals surface area contributed by atoms with Crippen molar-refractivity contribution >= 4 is 17.6 Å². The molecule has 0 saturated heterocycles. The Labute approximate surface area is 109 Å². The lowest BCUT2D eigenvalue weighted by Crippen LogP contribution is -2.45. The number of urea groups is 1. The van der Waals surface area contributed by atoms with Crippen LogP contribution in [0.5, 0.6) is 11.5 Å². The zero-order chi connectivity index (χ0) is 13.7. The number of amides is 3. The number of anilines is 1. The zero-order valence-corrected chi connectivity index (χ0v) is 10.2. The van der Waals surface area contributed by atoms with Crippen molar-refractivity contribution in [3.63, 3.8) is 0 Å². The summed E-state index contributed by atoms with van der Waals surface area (Å²) in [5.41, 5.74) is 4.87. The second-order valence-electron chi connectivity index (χ2n) is 3.63. The summed E-state index contributed by atoms with van der Waals surface area (Å²) in [6.07, 6.45) is 0. The van der Waals surface area contributed by atoms with Gasteiger partial charge in [-0.15, -0.1) is 0 Å². The SMILES string of the molecule is COCC(=O)NNC(=O)Nc1ccc2c(c1)OCO2. The van der Waals surface area contributed by atoms with Gasteiger partial charge in [-0.2, -0.15) is 0 Å². The van der Waals surface area contributed by atoms with Gasteiger partial charge in [-0.3, -0.25) is 10.2 Å². The van der Waals surface area contributed by atoms with Crippen LogP contribution in [-0.2, 0) is 9.53 Å². The quantitative estimate of drug-likeness (QED) is 0.680. The molecule has 3 amide bonds. The van der Waals surface area contributed by atoms with Crippen molar-refractivity contribution in [2.75, 3.05) is 25.8 Å². The molecule has 1 heterocycles. The fourth-order valence-electron chi connectivity index (χ4n) is 1.43. The molecule has 3 N–H and O–H groups in total. The van der Waals surface area contributed by atoms with Crippen molar-refractivity contribution in [3.05, 3.63) is 18.2 Å². The molecule has 0 bridgehead atoms. The van der Waals surface area contributed by atoms with Gasteiger partial charge >= 0.3 is 6.03 Å². The zero-order valence-electron chi connectivity index (χ0n) is 10.2. The van der Waals surface area contributed by atoms with Gasteiger partial charge in [-0.25, -0.2) is 10.2 Å². The van der Waals surface area contributed by atoms with Crippen molar-refractivity contribution in [1.29, 1.82) is 0 Å². The van der Waals surface area contributed by atoms with E-state index in [9.17, 15) is 9.59 Å². The van der Waals surface area contributed by atoms with Crippen LogP contribution in [0.25, 0.3) is 0 Å². The first-order chi connectivity index (χ1) is 9.19. The van der Waals surface area contributed by atoms with Crippen LogP contribution in [0.1, 0.15) is 0 Å². The molecule has 1 aliphatic rings. The van der Waals surface area contributed by atoms with Gasteiger partial charge in [0.05, 0.1) is 0 Å². The first kappa shape index (κ1) is 13.0. The van der Waals surface area contributed by atoms with Crippen LogP contribution in [0.3, 0.4) is 0 Å². The summed E-state index contributed by atoms with van der Waals surface area (Å²) < 4.78 is 14.9. The van der Waals surface area contributed by atoms with Gasteiger partial charge in [0.15, 0.2) is 11.5 Å². The number of hydrazine groups is 1. The smallest absolute Gasteiger partial charge is 0.337 e. The molecule has 0 saturated carbocycles. The molecule has 8 nitrogen and oxygen atoms in total. The summed E-state index contributed by atoms with van der Waals surface area (Å²) in [5, 5.41) is 2.53. The second kappa shape index (κ2) is 5.91. The molecule has 1 aromatic rings. The number of carbonyl (C=O) groups excluding carboxylic acids is 2. The monoisotopic (exact) mass is 267 g/mol. The molecule has 1 aliphatic heterocycles. The second-order valence-corrected chi connectivity index (χ2v) is 3.63. The van der Waals surface area contributed by atoms with E-state index < -0.39 is 11.9 Å². The van der Waals surface area contributed by atoms with E-state index in [0.29, 0.717) is 17.2 Å². The third kappa shape index (κ3) is 3.49. The van der Waals surface area contributed by atoms with Crippen molar-refractivity contribution in [1.82, 2.24) is 10.9 Å². The van der Waals surface area contributed by atoms with Crippen molar-refractivity contribution < 1.29 is 23.8 Å². The van der Waals surface area contributed by atoms with Gasteiger partial charge in [0.1, 0.15) is 6.61 Å². The molecule has 0 aliphatic carbocycles. The molecule has 0 fully saturated rings. The van der Waals surface area contributed by atoms with Gasteiger partial charge in [-0.05, 0) is 12.1 Å². The highest BCUT2D eigenvalue weighted by Crippen LogP contribution is 2.34. The van der Waals surface area contributed by atoms with Gasteiger partial charge in [-0.1, -0.05) is 0 Å². The Morgan fingerprint density at radius 3 is 2.84 bits per heavy atom. The number of nitrogens with one attached hydrogen (secondary N) is 3. The van der Waals surface area contributed by atoms with Gasteiger partial charge in [0.2, 0.25) is 6.79 Å². The lowest BCUT2D eigenvalue weighted by molar-refractivity contribution is -0.125. The molecule has 1 aromatic carbocycles. The van der Waals surface area contributed by atoms with E-state index in [1.807, 2.05) is 0 Å². The van der Waals surface area contributed by atoms with E-state index in [1.165, 1.54) is 7.11 Å². The molecule has 2 rings (SSSR count). The number of ether oxygens (including phenoxy) is 3. The van der Waals surface area contributed by atoms with E-state index in [0.717, 1.165) is 0 Å². The molecular formula is C11H13N3O5. The van der Waals surface area contributed by atoms with E-state index in [-0.39, 0.29) is 13.4 Å². The van der Waals surface area contributed by atoms with Crippen molar-refractivity contribution in [3.8, 4) is 11.5 Å². The molecule has 0 atom stereocenters. The third-order valence-corrected chi connectivity index (χ3v) is 2.22. The summed E-state index contributed by atoms with van der Waals surface area (Å²) in [4.78, 5) is 22.5. The molecule has 102 valence electrons. The van der Waals surface area contributed by atoms with E-state index in [1.54, 1.807) is 18.2 Å². The molecule has 8 heteroatoms. The summed E-state index contributed by atoms with van der Waals surface area (Å²) in [7, 11) is 1.38. The summed E-state index contributed by atoms with van der Waals surface area (Å²) >= 11 is 0. The highest BCUT2D eigenvalue weighted by Gasteiger charge is 2.14. The summed E-state index contributed by atoms with van der Waals surface area (Å²) in [6.45, 7) is 0.0301. The van der Waals surface area contributed by atoms with Crippen LogP contribution < -0.4 is 25.6 Å². The lowest BCUT2D eigenvalue weighted by atomic mass is 10.3. The van der Waals surface area contributed by atoms with Crippen LogP contribution in [-0.4, -0.2) is 32.4 Å². The first-order valence-electron chi connectivity index (χ1n) is 5.43. The maximum absolute atomic E-state index is 11.5. The van der Waals surface area contributed by atoms with Crippen molar-refractivity contribution in [2.24, 2.45) is 0 Å². The van der Waals surface area contributed by atoms with Crippen LogP contribution >= 0.6 is 0 Å². The molecular weight excluding hydrogens is 254 g/mol. The maximum Gasteiger partial charge on any atom is 0.337 e. The van der Waals surface area contributed by atoms with Gasteiger partial charge in [0.25, 0.3) is 5.91 Å². The van der Waals surface area contributed by atoms with Crippen LogP contribution in [0.2, 0.25) is 0 Å². The highest BCUT2D eigenvalue weighted by molar-refractivity contribution is 5.91. The fourth-order valence-corrected chi connectivity index (χ4v) is 1.43. The highest BCUT2D eigenvalue weighted by atomic mass is 16.7. The molecule has 0 radical (unpaired) electrons. The van der Waals surface area contributed by atoms with Crippen LogP contribution in [0.15, 0.2) is 18.2 Å². The molecule has 0 aromatic heterocycles. The predicted octanol–water partition coefficient (Wildman–Crippen LogP) is 0.214. The third-order valence-electron chi connectivity index (χ3n) is 2.22.